The van der Waals surface area contributed by atoms with Gasteiger partial charge in [0.2, 0.25) is 0 Å². The lowest BCUT2D eigenvalue weighted by atomic mass is 10.1. The molecule has 0 amide bonds. The summed E-state index contributed by atoms with van der Waals surface area (Å²) in [5.41, 5.74) is 8.28. The van der Waals surface area contributed by atoms with Crippen LogP contribution < -0.4 is 5.73 Å². The van der Waals surface area contributed by atoms with Crippen LogP contribution in [0.4, 0.5) is 0 Å². The van der Waals surface area contributed by atoms with Crippen molar-refractivity contribution in [2.75, 3.05) is 19.6 Å². The number of benzene rings is 1. The Kier molecular flexibility index (Phi) is 3.79. The van der Waals surface area contributed by atoms with Crippen molar-refractivity contribution in [3.05, 3.63) is 41.5 Å². The van der Waals surface area contributed by atoms with Crippen molar-refractivity contribution in [1.29, 1.82) is 5.26 Å². The van der Waals surface area contributed by atoms with Gasteiger partial charge in [0, 0.05) is 6.54 Å². The Morgan fingerprint density at radius 3 is 2.47 bits per heavy atom. The molecule has 1 aliphatic heterocycles. The highest BCUT2D eigenvalue weighted by atomic mass is 15.1. The lowest BCUT2D eigenvalue weighted by Crippen LogP contribution is -2.23. The zero-order valence-corrected chi connectivity index (χ0v) is 9.89. The molecule has 88 valence electrons. The molecular formula is C14H17N3. The van der Waals surface area contributed by atoms with Crippen molar-refractivity contribution in [1.82, 2.24) is 4.90 Å². The van der Waals surface area contributed by atoms with E-state index >= 15 is 0 Å². The summed E-state index contributed by atoms with van der Waals surface area (Å²) in [5.74, 6) is 0. The van der Waals surface area contributed by atoms with Gasteiger partial charge in [-0.15, -0.1) is 0 Å². The minimum absolute atomic E-state index is 0.611. The molecule has 0 atom stereocenters. The summed E-state index contributed by atoms with van der Waals surface area (Å²) in [5, 5.41) is 9.20. The molecule has 1 saturated heterocycles. The molecule has 3 nitrogen and oxygen atoms in total. The Labute approximate surface area is 102 Å². The molecule has 0 bridgehead atoms. The van der Waals surface area contributed by atoms with E-state index in [0.717, 1.165) is 18.7 Å². The summed E-state index contributed by atoms with van der Waals surface area (Å²) in [6.07, 6.45) is 2.45. The van der Waals surface area contributed by atoms with Crippen LogP contribution in [-0.4, -0.2) is 24.5 Å². The van der Waals surface area contributed by atoms with Crippen molar-refractivity contribution in [3.8, 4) is 6.07 Å². The van der Waals surface area contributed by atoms with Gasteiger partial charge in [0.1, 0.15) is 0 Å². The van der Waals surface area contributed by atoms with Gasteiger partial charge >= 0.3 is 0 Å². The second-order valence-electron chi connectivity index (χ2n) is 4.35. The van der Waals surface area contributed by atoms with Gasteiger partial charge in [0.25, 0.3) is 0 Å². The molecular weight excluding hydrogens is 210 g/mol. The predicted octanol–water partition coefficient (Wildman–Crippen LogP) is 1.98. The SMILES string of the molecule is N#C/C(CN1CCCC1)=C(/N)c1ccccc1. The maximum atomic E-state index is 9.20. The van der Waals surface area contributed by atoms with Gasteiger partial charge < -0.3 is 5.73 Å². The first-order valence-corrected chi connectivity index (χ1v) is 5.98. The standard InChI is InChI=1S/C14H17N3/c15-10-13(11-17-8-4-5-9-17)14(16)12-6-2-1-3-7-12/h1-3,6-7H,4-5,8-9,11,16H2/b14-13-. The molecule has 1 heterocycles. The van der Waals surface area contributed by atoms with Crippen LogP contribution in [0.25, 0.3) is 5.70 Å². The van der Waals surface area contributed by atoms with Gasteiger partial charge in [0.15, 0.2) is 0 Å². The van der Waals surface area contributed by atoms with E-state index in [4.69, 9.17) is 5.73 Å². The quantitative estimate of drug-likeness (QED) is 0.803. The summed E-state index contributed by atoms with van der Waals surface area (Å²) in [6.45, 7) is 2.83. The van der Waals surface area contributed by atoms with Gasteiger partial charge in [-0.05, 0) is 31.5 Å². The fourth-order valence-corrected chi connectivity index (χ4v) is 2.14. The maximum absolute atomic E-state index is 9.20. The lowest BCUT2D eigenvalue weighted by Gasteiger charge is -2.15. The molecule has 0 unspecified atom stereocenters. The van der Waals surface area contributed by atoms with Crippen LogP contribution in [0.5, 0.6) is 0 Å². The summed E-state index contributed by atoms with van der Waals surface area (Å²) in [4.78, 5) is 2.29. The molecule has 1 fully saturated rings. The minimum Gasteiger partial charge on any atom is -0.397 e. The van der Waals surface area contributed by atoms with Gasteiger partial charge in [-0.1, -0.05) is 30.3 Å². The van der Waals surface area contributed by atoms with Crippen LogP contribution in [0.1, 0.15) is 18.4 Å². The van der Waals surface area contributed by atoms with E-state index in [9.17, 15) is 5.26 Å². The molecule has 0 radical (unpaired) electrons. The third kappa shape index (κ3) is 2.86. The third-order valence-corrected chi connectivity index (χ3v) is 3.13. The third-order valence-electron chi connectivity index (χ3n) is 3.13. The van der Waals surface area contributed by atoms with Crippen LogP contribution in [-0.2, 0) is 0 Å². The highest BCUT2D eigenvalue weighted by Crippen LogP contribution is 2.16. The minimum atomic E-state index is 0.611. The van der Waals surface area contributed by atoms with E-state index in [1.165, 1.54) is 12.8 Å². The fourth-order valence-electron chi connectivity index (χ4n) is 2.14. The highest BCUT2D eigenvalue weighted by molar-refractivity contribution is 5.69. The highest BCUT2D eigenvalue weighted by Gasteiger charge is 2.15. The normalized spacial score (nSPS) is 17.6. The summed E-state index contributed by atoms with van der Waals surface area (Å²) >= 11 is 0. The van der Waals surface area contributed by atoms with E-state index < -0.39 is 0 Å². The molecule has 0 saturated carbocycles. The summed E-state index contributed by atoms with van der Waals surface area (Å²) in [7, 11) is 0. The number of nitrogens with zero attached hydrogens (tertiary/aromatic N) is 2. The Morgan fingerprint density at radius 2 is 1.88 bits per heavy atom. The Hall–Kier alpha value is -1.79. The van der Waals surface area contributed by atoms with Gasteiger partial charge in [0.05, 0.1) is 17.3 Å². The van der Waals surface area contributed by atoms with Gasteiger partial charge in [-0.3, -0.25) is 4.90 Å². The van der Waals surface area contributed by atoms with Crippen molar-refractivity contribution in [2.24, 2.45) is 5.73 Å². The van der Waals surface area contributed by atoms with E-state index in [2.05, 4.69) is 11.0 Å². The number of nitrogens with two attached hydrogens (primary N) is 1. The Bertz CT molecular complexity index is 436. The number of hydrogen-bond donors (Lipinski definition) is 1. The summed E-state index contributed by atoms with van der Waals surface area (Å²) in [6, 6.07) is 11.9. The summed E-state index contributed by atoms with van der Waals surface area (Å²) < 4.78 is 0. The number of nitriles is 1. The van der Waals surface area contributed by atoms with E-state index in [0.29, 0.717) is 17.8 Å². The monoisotopic (exact) mass is 227 g/mol. The molecule has 2 N–H and O–H groups in total. The van der Waals surface area contributed by atoms with Crippen LogP contribution in [0.3, 0.4) is 0 Å². The van der Waals surface area contributed by atoms with Crippen LogP contribution in [0.15, 0.2) is 35.9 Å². The van der Waals surface area contributed by atoms with Crippen molar-refractivity contribution in [2.45, 2.75) is 12.8 Å². The zero-order chi connectivity index (χ0) is 12.1. The molecule has 2 rings (SSSR count). The molecule has 17 heavy (non-hydrogen) atoms. The first-order chi connectivity index (χ1) is 8.31. The second kappa shape index (κ2) is 5.51. The van der Waals surface area contributed by atoms with E-state index in [1.54, 1.807) is 0 Å². The molecule has 1 aliphatic rings. The first-order valence-electron chi connectivity index (χ1n) is 5.98. The largest absolute Gasteiger partial charge is 0.397 e. The average molecular weight is 227 g/mol. The van der Waals surface area contributed by atoms with Crippen molar-refractivity contribution >= 4 is 5.70 Å². The molecule has 0 aliphatic carbocycles. The van der Waals surface area contributed by atoms with Gasteiger partial charge in [-0.25, -0.2) is 0 Å². The smallest absolute Gasteiger partial charge is 0.0982 e. The predicted molar refractivity (Wildman–Crippen MR) is 68.8 cm³/mol. The molecule has 3 heteroatoms. The Morgan fingerprint density at radius 1 is 1.24 bits per heavy atom. The first kappa shape index (κ1) is 11.7. The molecule has 1 aromatic carbocycles. The van der Waals surface area contributed by atoms with Crippen LogP contribution in [0, 0.1) is 11.3 Å². The van der Waals surface area contributed by atoms with Crippen molar-refractivity contribution < 1.29 is 0 Å². The number of hydrogen-bond acceptors (Lipinski definition) is 3. The van der Waals surface area contributed by atoms with Crippen LogP contribution in [0.2, 0.25) is 0 Å². The number of likely N-dealkylation sites (tertiary alicyclic amines) is 1. The average Bonchev–Trinajstić information content (AvgIpc) is 2.89. The molecule has 0 aromatic heterocycles. The van der Waals surface area contributed by atoms with E-state index in [-0.39, 0.29) is 0 Å². The molecule has 0 spiro atoms. The Balaban J connectivity index is 2.18. The lowest BCUT2D eigenvalue weighted by molar-refractivity contribution is 0.372. The fraction of sp³-hybridized carbons (Fsp3) is 0.357. The second-order valence-corrected chi connectivity index (χ2v) is 4.35. The van der Waals surface area contributed by atoms with Crippen LogP contribution >= 0.6 is 0 Å². The van der Waals surface area contributed by atoms with Crippen molar-refractivity contribution in [3.63, 3.8) is 0 Å². The topological polar surface area (TPSA) is 53.0 Å². The van der Waals surface area contributed by atoms with Gasteiger partial charge in [-0.2, -0.15) is 5.26 Å². The van der Waals surface area contributed by atoms with E-state index in [1.807, 2.05) is 30.3 Å². The zero-order valence-electron chi connectivity index (χ0n) is 9.89. The molecule has 1 aromatic rings. The maximum Gasteiger partial charge on any atom is 0.0982 e. The number of rotatable bonds is 3.